The summed E-state index contributed by atoms with van der Waals surface area (Å²) < 4.78 is 14.5. The zero-order valence-corrected chi connectivity index (χ0v) is 11.1. The standard InChI is InChI=1S/C12H11BrFNO3/c1-15-10(16)5-8(12(17)18)11(15)7-4-6(13)2-3-9(7)14/h2-4,8,11H,5H2,1H3,(H,17,18). The van der Waals surface area contributed by atoms with Gasteiger partial charge in [-0.3, -0.25) is 9.59 Å². The fourth-order valence-electron chi connectivity index (χ4n) is 2.26. The molecular formula is C12H11BrFNO3. The maximum atomic E-state index is 13.8. The Kier molecular flexibility index (Phi) is 3.38. The van der Waals surface area contributed by atoms with Gasteiger partial charge >= 0.3 is 5.97 Å². The smallest absolute Gasteiger partial charge is 0.309 e. The molecule has 0 spiro atoms. The van der Waals surface area contributed by atoms with Crippen molar-refractivity contribution >= 4 is 27.8 Å². The summed E-state index contributed by atoms with van der Waals surface area (Å²) in [4.78, 5) is 24.1. The Hall–Kier alpha value is -1.43. The normalized spacial score (nSPS) is 23.5. The van der Waals surface area contributed by atoms with E-state index in [1.54, 1.807) is 0 Å². The average molecular weight is 316 g/mol. The van der Waals surface area contributed by atoms with Gasteiger partial charge in [-0.05, 0) is 18.2 Å². The van der Waals surface area contributed by atoms with E-state index < -0.39 is 23.7 Å². The summed E-state index contributed by atoms with van der Waals surface area (Å²) in [5, 5.41) is 9.13. The summed E-state index contributed by atoms with van der Waals surface area (Å²) in [7, 11) is 1.50. The molecule has 18 heavy (non-hydrogen) atoms. The van der Waals surface area contributed by atoms with Crippen LogP contribution >= 0.6 is 15.9 Å². The van der Waals surface area contributed by atoms with Gasteiger partial charge in [0, 0.05) is 23.5 Å². The average Bonchev–Trinajstić information content (AvgIpc) is 2.60. The Labute approximate surface area is 112 Å². The van der Waals surface area contributed by atoms with E-state index in [0.717, 1.165) is 0 Å². The number of nitrogens with zero attached hydrogens (tertiary/aromatic N) is 1. The quantitative estimate of drug-likeness (QED) is 0.910. The topological polar surface area (TPSA) is 57.6 Å². The predicted octanol–water partition coefficient (Wildman–Crippen LogP) is 2.19. The van der Waals surface area contributed by atoms with Crippen molar-refractivity contribution in [3.63, 3.8) is 0 Å². The largest absolute Gasteiger partial charge is 0.481 e. The summed E-state index contributed by atoms with van der Waals surface area (Å²) >= 11 is 3.22. The van der Waals surface area contributed by atoms with Crippen molar-refractivity contribution in [2.75, 3.05) is 7.05 Å². The zero-order chi connectivity index (χ0) is 13.4. The van der Waals surface area contributed by atoms with E-state index in [2.05, 4.69) is 15.9 Å². The molecule has 1 aromatic rings. The number of likely N-dealkylation sites (tertiary alicyclic amines) is 1. The molecule has 0 aliphatic carbocycles. The van der Waals surface area contributed by atoms with Crippen LogP contribution in [0.4, 0.5) is 4.39 Å². The second-order valence-corrected chi connectivity index (χ2v) is 5.18. The van der Waals surface area contributed by atoms with E-state index in [1.807, 2.05) is 0 Å². The lowest BCUT2D eigenvalue weighted by molar-refractivity contribution is -0.142. The van der Waals surface area contributed by atoms with E-state index in [4.69, 9.17) is 5.11 Å². The van der Waals surface area contributed by atoms with Gasteiger partial charge in [-0.15, -0.1) is 0 Å². The highest BCUT2D eigenvalue weighted by atomic mass is 79.9. The number of hydrogen-bond acceptors (Lipinski definition) is 2. The Morgan fingerprint density at radius 2 is 2.22 bits per heavy atom. The summed E-state index contributed by atoms with van der Waals surface area (Å²) in [5.41, 5.74) is 0.227. The Morgan fingerprint density at radius 3 is 2.83 bits per heavy atom. The Morgan fingerprint density at radius 1 is 1.56 bits per heavy atom. The van der Waals surface area contributed by atoms with Gasteiger partial charge < -0.3 is 10.0 Å². The molecular weight excluding hydrogens is 305 g/mol. The maximum Gasteiger partial charge on any atom is 0.309 e. The van der Waals surface area contributed by atoms with Crippen molar-refractivity contribution in [2.24, 2.45) is 5.92 Å². The highest BCUT2D eigenvalue weighted by Crippen LogP contribution is 2.38. The van der Waals surface area contributed by atoms with Gasteiger partial charge in [0.15, 0.2) is 0 Å². The van der Waals surface area contributed by atoms with Crippen LogP contribution in [0.3, 0.4) is 0 Å². The predicted molar refractivity (Wildman–Crippen MR) is 65.4 cm³/mol. The van der Waals surface area contributed by atoms with Crippen LogP contribution in [0.2, 0.25) is 0 Å². The summed E-state index contributed by atoms with van der Waals surface area (Å²) in [5.74, 6) is -2.79. The number of hydrogen-bond donors (Lipinski definition) is 1. The molecule has 1 aliphatic heterocycles. The van der Waals surface area contributed by atoms with Crippen molar-refractivity contribution in [2.45, 2.75) is 12.5 Å². The minimum Gasteiger partial charge on any atom is -0.481 e. The summed E-state index contributed by atoms with van der Waals surface area (Å²) in [6.45, 7) is 0. The third-order valence-corrected chi connectivity index (χ3v) is 3.67. The van der Waals surface area contributed by atoms with Crippen molar-refractivity contribution in [1.82, 2.24) is 4.90 Å². The van der Waals surface area contributed by atoms with Gasteiger partial charge in [0.25, 0.3) is 0 Å². The number of halogens is 2. The number of carbonyl (C=O) groups excluding carboxylic acids is 1. The summed E-state index contributed by atoms with van der Waals surface area (Å²) in [6.07, 6.45) is -0.0948. The highest BCUT2D eigenvalue weighted by molar-refractivity contribution is 9.10. The van der Waals surface area contributed by atoms with Crippen LogP contribution in [0, 0.1) is 11.7 Å². The van der Waals surface area contributed by atoms with Crippen LogP contribution in [0.5, 0.6) is 0 Å². The van der Waals surface area contributed by atoms with Crippen LogP contribution in [0.1, 0.15) is 18.0 Å². The molecule has 4 nitrogen and oxygen atoms in total. The molecule has 1 amide bonds. The molecule has 96 valence electrons. The lowest BCUT2D eigenvalue weighted by Gasteiger charge is -2.23. The van der Waals surface area contributed by atoms with Crippen molar-refractivity contribution in [3.8, 4) is 0 Å². The van der Waals surface area contributed by atoms with Gasteiger partial charge in [0.1, 0.15) is 5.82 Å². The van der Waals surface area contributed by atoms with E-state index in [-0.39, 0.29) is 17.9 Å². The molecule has 1 heterocycles. The Balaban J connectivity index is 2.49. The third-order valence-electron chi connectivity index (χ3n) is 3.18. The highest BCUT2D eigenvalue weighted by Gasteiger charge is 2.43. The molecule has 1 N–H and O–H groups in total. The molecule has 1 aromatic carbocycles. The lowest BCUT2D eigenvalue weighted by Crippen LogP contribution is -2.27. The summed E-state index contributed by atoms with van der Waals surface area (Å²) in [6, 6.07) is 3.55. The molecule has 6 heteroatoms. The number of carboxylic acid groups (broad SMARTS) is 1. The molecule has 1 aliphatic rings. The molecule has 0 radical (unpaired) electrons. The van der Waals surface area contributed by atoms with Gasteiger partial charge in [0.2, 0.25) is 5.91 Å². The molecule has 1 fully saturated rings. The second-order valence-electron chi connectivity index (χ2n) is 4.26. The van der Waals surface area contributed by atoms with Gasteiger partial charge in [-0.2, -0.15) is 0 Å². The minimum absolute atomic E-state index is 0.0948. The SMILES string of the molecule is CN1C(=O)CC(C(=O)O)C1c1cc(Br)ccc1F. The van der Waals surface area contributed by atoms with Crippen molar-refractivity contribution < 1.29 is 19.1 Å². The number of aliphatic carboxylic acids is 1. The number of rotatable bonds is 2. The first-order valence-electron chi connectivity index (χ1n) is 5.35. The monoisotopic (exact) mass is 315 g/mol. The first-order valence-corrected chi connectivity index (χ1v) is 6.14. The van der Waals surface area contributed by atoms with Crippen LogP contribution in [0.15, 0.2) is 22.7 Å². The van der Waals surface area contributed by atoms with Crippen LogP contribution < -0.4 is 0 Å². The number of amides is 1. The lowest BCUT2D eigenvalue weighted by atomic mass is 9.93. The molecule has 2 unspecified atom stereocenters. The molecule has 0 bridgehead atoms. The van der Waals surface area contributed by atoms with Crippen molar-refractivity contribution in [1.29, 1.82) is 0 Å². The second kappa shape index (κ2) is 4.68. The van der Waals surface area contributed by atoms with E-state index >= 15 is 0 Å². The van der Waals surface area contributed by atoms with Gasteiger partial charge in [-0.1, -0.05) is 15.9 Å². The van der Waals surface area contributed by atoms with E-state index in [1.165, 1.54) is 30.1 Å². The third kappa shape index (κ3) is 2.12. The van der Waals surface area contributed by atoms with E-state index in [0.29, 0.717) is 4.47 Å². The first-order chi connectivity index (χ1) is 8.41. The number of carboxylic acids is 1. The minimum atomic E-state index is -1.09. The van der Waals surface area contributed by atoms with Crippen LogP contribution in [0.25, 0.3) is 0 Å². The molecule has 1 saturated heterocycles. The van der Waals surface area contributed by atoms with Crippen molar-refractivity contribution in [3.05, 3.63) is 34.1 Å². The van der Waals surface area contributed by atoms with Gasteiger partial charge in [0.05, 0.1) is 12.0 Å². The maximum absolute atomic E-state index is 13.8. The number of benzene rings is 1. The Bertz CT molecular complexity index is 520. The van der Waals surface area contributed by atoms with Gasteiger partial charge in [-0.25, -0.2) is 4.39 Å². The van der Waals surface area contributed by atoms with Crippen LogP contribution in [-0.4, -0.2) is 28.9 Å². The van der Waals surface area contributed by atoms with E-state index in [9.17, 15) is 14.0 Å². The number of carbonyl (C=O) groups is 2. The molecule has 2 atom stereocenters. The fraction of sp³-hybridized carbons (Fsp3) is 0.333. The molecule has 2 rings (SSSR count). The van der Waals surface area contributed by atoms with Crippen LogP contribution in [-0.2, 0) is 9.59 Å². The molecule has 0 aromatic heterocycles. The fourth-order valence-corrected chi connectivity index (χ4v) is 2.64. The zero-order valence-electron chi connectivity index (χ0n) is 9.56. The molecule has 0 saturated carbocycles. The first kappa shape index (κ1) is 13.0.